The number of hydrogen-bond acceptors (Lipinski definition) is 2. The molecule has 2 aromatic rings. The Morgan fingerprint density at radius 2 is 2.00 bits per heavy atom. The predicted molar refractivity (Wildman–Crippen MR) is 60.0 cm³/mol. The van der Waals surface area contributed by atoms with Gasteiger partial charge in [0.25, 0.3) is 0 Å². The first kappa shape index (κ1) is 9.77. The summed E-state index contributed by atoms with van der Waals surface area (Å²) in [4.78, 5) is 0. The van der Waals surface area contributed by atoms with Crippen molar-refractivity contribution in [3.05, 3.63) is 36.0 Å². The standard InChI is InChI=1S/C12H14N2O/c1-3-10-8-12(14-13-10)9-4-6-11(15-2)7-5-9/h4-8H,3H2,1-2H3,(H,13,14). The molecular weight excluding hydrogens is 188 g/mol. The van der Waals surface area contributed by atoms with Crippen molar-refractivity contribution >= 4 is 0 Å². The summed E-state index contributed by atoms with van der Waals surface area (Å²) < 4.78 is 5.11. The highest BCUT2D eigenvalue weighted by Crippen LogP contribution is 2.20. The highest BCUT2D eigenvalue weighted by atomic mass is 16.5. The number of aromatic nitrogens is 2. The van der Waals surface area contributed by atoms with Crippen LogP contribution in [0, 0.1) is 0 Å². The van der Waals surface area contributed by atoms with Crippen LogP contribution in [0.2, 0.25) is 0 Å². The molecule has 0 aliphatic rings. The minimum atomic E-state index is 0.869. The number of benzene rings is 1. The lowest BCUT2D eigenvalue weighted by Gasteiger charge is -2.00. The van der Waals surface area contributed by atoms with E-state index in [0.717, 1.165) is 29.1 Å². The molecule has 1 aromatic carbocycles. The largest absolute Gasteiger partial charge is 0.497 e. The molecule has 15 heavy (non-hydrogen) atoms. The van der Waals surface area contributed by atoms with Crippen LogP contribution in [0.1, 0.15) is 12.6 Å². The van der Waals surface area contributed by atoms with Gasteiger partial charge in [-0.3, -0.25) is 5.10 Å². The highest BCUT2D eigenvalue weighted by molar-refractivity contribution is 5.60. The minimum absolute atomic E-state index is 0.869. The van der Waals surface area contributed by atoms with Gasteiger partial charge in [0.05, 0.1) is 18.5 Å². The summed E-state index contributed by atoms with van der Waals surface area (Å²) in [5, 5.41) is 7.22. The van der Waals surface area contributed by atoms with E-state index >= 15 is 0 Å². The van der Waals surface area contributed by atoms with E-state index in [1.54, 1.807) is 7.11 Å². The second-order valence-corrected chi connectivity index (χ2v) is 3.36. The first-order valence-electron chi connectivity index (χ1n) is 5.02. The van der Waals surface area contributed by atoms with Gasteiger partial charge in [0.15, 0.2) is 0 Å². The average Bonchev–Trinajstić information content (AvgIpc) is 2.78. The molecule has 0 aliphatic heterocycles. The van der Waals surface area contributed by atoms with E-state index in [0.29, 0.717) is 0 Å². The van der Waals surface area contributed by atoms with Gasteiger partial charge in [-0.05, 0) is 42.3 Å². The van der Waals surface area contributed by atoms with Gasteiger partial charge in [0, 0.05) is 0 Å². The highest BCUT2D eigenvalue weighted by Gasteiger charge is 2.02. The maximum atomic E-state index is 5.11. The van der Waals surface area contributed by atoms with Crippen LogP contribution in [0.25, 0.3) is 11.3 Å². The number of nitrogens with zero attached hydrogens (tertiary/aromatic N) is 1. The number of nitrogens with one attached hydrogen (secondary N) is 1. The van der Waals surface area contributed by atoms with Crippen LogP contribution >= 0.6 is 0 Å². The Bertz CT molecular complexity index is 431. The van der Waals surface area contributed by atoms with Crippen LogP contribution < -0.4 is 4.74 Å². The predicted octanol–water partition coefficient (Wildman–Crippen LogP) is 2.65. The molecule has 0 spiro atoms. The lowest BCUT2D eigenvalue weighted by molar-refractivity contribution is 0.415. The van der Waals surface area contributed by atoms with E-state index in [2.05, 4.69) is 23.2 Å². The van der Waals surface area contributed by atoms with Crippen LogP contribution in [0.4, 0.5) is 0 Å². The van der Waals surface area contributed by atoms with Crippen LogP contribution in [-0.4, -0.2) is 17.3 Å². The zero-order chi connectivity index (χ0) is 10.7. The molecule has 1 heterocycles. The van der Waals surface area contributed by atoms with Gasteiger partial charge in [0.2, 0.25) is 0 Å². The first-order chi connectivity index (χ1) is 7.33. The zero-order valence-corrected chi connectivity index (χ0v) is 8.95. The normalized spacial score (nSPS) is 10.3. The van der Waals surface area contributed by atoms with Gasteiger partial charge in [-0.15, -0.1) is 0 Å². The number of aromatic amines is 1. The molecule has 3 heteroatoms. The van der Waals surface area contributed by atoms with Crippen molar-refractivity contribution in [1.82, 2.24) is 10.2 Å². The third-order valence-corrected chi connectivity index (χ3v) is 2.39. The molecule has 0 saturated heterocycles. The molecule has 3 nitrogen and oxygen atoms in total. The lowest BCUT2D eigenvalue weighted by atomic mass is 10.1. The summed E-state index contributed by atoms with van der Waals surface area (Å²) in [6.07, 6.45) is 0.951. The molecule has 0 bridgehead atoms. The Hall–Kier alpha value is -1.77. The summed E-state index contributed by atoms with van der Waals surface area (Å²) in [6.45, 7) is 2.09. The molecule has 0 amide bonds. The first-order valence-corrected chi connectivity index (χ1v) is 5.02. The topological polar surface area (TPSA) is 37.9 Å². The van der Waals surface area contributed by atoms with Crippen LogP contribution in [-0.2, 0) is 6.42 Å². The molecule has 1 aromatic heterocycles. The second kappa shape index (κ2) is 4.17. The summed E-state index contributed by atoms with van der Waals surface area (Å²) in [6, 6.07) is 10.0. The Kier molecular flexibility index (Phi) is 2.72. The summed E-state index contributed by atoms with van der Waals surface area (Å²) >= 11 is 0. The molecule has 0 aliphatic carbocycles. The fourth-order valence-electron chi connectivity index (χ4n) is 1.46. The fraction of sp³-hybridized carbons (Fsp3) is 0.250. The molecule has 1 N–H and O–H groups in total. The number of methoxy groups -OCH3 is 1. The number of aryl methyl sites for hydroxylation is 1. The van der Waals surface area contributed by atoms with Gasteiger partial charge in [0.1, 0.15) is 5.75 Å². The van der Waals surface area contributed by atoms with Crippen molar-refractivity contribution in [3.8, 4) is 17.0 Å². The van der Waals surface area contributed by atoms with Crippen LogP contribution in [0.5, 0.6) is 5.75 Å². The zero-order valence-electron chi connectivity index (χ0n) is 8.95. The summed E-state index contributed by atoms with van der Waals surface area (Å²) in [5.74, 6) is 0.869. The number of hydrogen-bond donors (Lipinski definition) is 1. The fourth-order valence-corrected chi connectivity index (χ4v) is 1.46. The molecule has 0 unspecified atom stereocenters. The molecule has 0 fully saturated rings. The van der Waals surface area contributed by atoms with Crippen LogP contribution in [0.3, 0.4) is 0 Å². The van der Waals surface area contributed by atoms with E-state index in [-0.39, 0.29) is 0 Å². The average molecular weight is 202 g/mol. The third kappa shape index (κ3) is 2.01. The smallest absolute Gasteiger partial charge is 0.118 e. The Labute approximate surface area is 89.1 Å². The van der Waals surface area contributed by atoms with E-state index in [1.165, 1.54) is 0 Å². The van der Waals surface area contributed by atoms with Crippen LogP contribution in [0.15, 0.2) is 30.3 Å². The maximum absolute atomic E-state index is 5.11. The van der Waals surface area contributed by atoms with Crippen molar-refractivity contribution in [2.24, 2.45) is 0 Å². The van der Waals surface area contributed by atoms with Crippen molar-refractivity contribution in [2.45, 2.75) is 13.3 Å². The number of ether oxygens (including phenoxy) is 1. The van der Waals surface area contributed by atoms with E-state index in [1.807, 2.05) is 24.3 Å². The quantitative estimate of drug-likeness (QED) is 0.830. The van der Waals surface area contributed by atoms with Crippen molar-refractivity contribution in [3.63, 3.8) is 0 Å². The van der Waals surface area contributed by atoms with Crippen molar-refractivity contribution in [2.75, 3.05) is 7.11 Å². The molecule has 0 atom stereocenters. The Morgan fingerprint density at radius 3 is 2.53 bits per heavy atom. The third-order valence-electron chi connectivity index (χ3n) is 2.39. The minimum Gasteiger partial charge on any atom is -0.497 e. The monoisotopic (exact) mass is 202 g/mol. The number of rotatable bonds is 3. The SMILES string of the molecule is CCc1cc(-c2ccc(OC)cc2)[nH]n1. The molecule has 2 rings (SSSR count). The van der Waals surface area contributed by atoms with Gasteiger partial charge in [-0.25, -0.2) is 0 Å². The van der Waals surface area contributed by atoms with Crippen molar-refractivity contribution < 1.29 is 4.74 Å². The molecule has 0 saturated carbocycles. The maximum Gasteiger partial charge on any atom is 0.118 e. The van der Waals surface area contributed by atoms with Gasteiger partial charge < -0.3 is 4.74 Å². The second-order valence-electron chi connectivity index (χ2n) is 3.36. The Morgan fingerprint density at radius 1 is 1.27 bits per heavy atom. The van der Waals surface area contributed by atoms with Gasteiger partial charge in [-0.2, -0.15) is 5.10 Å². The van der Waals surface area contributed by atoms with E-state index in [9.17, 15) is 0 Å². The summed E-state index contributed by atoms with van der Waals surface area (Å²) in [5.41, 5.74) is 3.26. The molecular formula is C12H14N2O. The van der Waals surface area contributed by atoms with Gasteiger partial charge in [-0.1, -0.05) is 6.92 Å². The summed E-state index contributed by atoms with van der Waals surface area (Å²) in [7, 11) is 1.67. The van der Waals surface area contributed by atoms with Crippen molar-refractivity contribution in [1.29, 1.82) is 0 Å². The van der Waals surface area contributed by atoms with E-state index < -0.39 is 0 Å². The Balaban J connectivity index is 2.28. The molecule has 0 radical (unpaired) electrons. The molecule has 78 valence electrons. The van der Waals surface area contributed by atoms with E-state index in [4.69, 9.17) is 4.74 Å². The number of H-pyrrole nitrogens is 1. The lowest BCUT2D eigenvalue weighted by Crippen LogP contribution is -1.82. The van der Waals surface area contributed by atoms with Gasteiger partial charge >= 0.3 is 0 Å².